The number of rotatable bonds is 7. The number of likely N-dealkylation sites (N-methyl/N-ethyl adjacent to an activating group) is 1. The van der Waals surface area contributed by atoms with Crippen molar-refractivity contribution in [1.29, 1.82) is 0 Å². The zero-order valence-corrected chi connectivity index (χ0v) is 12.7. The fraction of sp³-hybridized carbons (Fsp3) is 0.688. The lowest BCUT2D eigenvalue weighted by molar-refractivity contribution is 0.0143. The highest BCUT2D eigenvalue weighted by molar-refractivity contribution is 5.43. The molecule has 1 aromatic heterocycles. The molecule has 0 radical (unpaired) electrons. The predicted molar refractivity (Wildman–Crippen MR) is 82.8 cm³/mol. The van der Waals surface area contributed by atoms with E-state index in [0.29, 0.717) is 0 Å². The molecule has 0 amide bonds. The van der Waals surface area contributed by atoms with Crippen molar-refractivity contribution in [3.8, 4) is 0 Å². The monoisotopic (exact) mass is 277 g/mol. The third-order valence-electron chi connectivity index (χ3n) is 3.93. The van der Waals surface area contributed by atoms with Crippen LogP contribution in [-0.4, -0.2) is 40.7 Å². The van der Waals surface area contributed by atoms with Crippen LogP contribution in [0.2, 0.25) is 0 Å². The largest absolute Gasteiger partial charge is 0.389 e. The Morgan fingerprint density at radius 1 is 1.40 bits per heavy atom. The fourth-order valence-electron chi connectivity index (χ4n) is 2.97. The summed E-state index contributed by atoms with van der Waals surface area (Å²) in [6.07, 6.45) is 7.14. The van der Waals surface area contributed by atoms with Gasteiger partial charge in [0.2, 0.25) is 0 Å². The van der Waals surface area contributed by atoms with Crippen molar-refractivity contribution in [2.45, 2.75) is 51.2 Å². The molecule has 1 aliphatic rings. The zero-order chi connectivity index (χ0) is 14.4. The molecule has 1 fully saturated rings. The van der Waals surface area contributed by atoms with Crippen LogP contribution in [0, 0.1) is 0 Å². The first-order valence-electron chi connectivity index (χ1n) is 7.71. The predicted octanol–water partition coefficient (Wildman–Crippen LogP) is 2.64. The van der Waals surface area contributed by atoms with E-state index in [9.17, 15) is 5.11 Å². The standard InChI is InChI=1S/C16H27N3O/c1-3-9-17-14-6-10-18-15(11-14)12-19(2)13-16(20)7-4-5-8-16/h6,10-11,20H,3-5,7-9,12-13H2,1-2H3,(H,17,18). The van der Waals surface area contributed by atoms with Crippen molar-refractivity contribution in [3.63, 3.8) is 0 Å². The number of aromatic nitrogens is 1. The SMILES string of the molecule is CCCNc1ccnc(CN(C)CC2(O)CCCC2)c1. The van der Waals surface area contributed by atoms with Crippen LogP contribution in [-0.2, 0) is 6.54 Å². The van der Waals surface area contributed by atoms with Gasteiger partial charge < -0.3 is 10.4 Å². The molecule has 1 heterocycles. The highest BCUT2D eigenvalue weighted by Crippen LogP contribution is 2.30. The maximum Gasteiger partial charge on any atom is 0.0774 e. The van der Waals surface area contributed by atoms with Crippen molar-refractivity contribution in [3.05, 3.63) is 24.0 Å². The van der Waals surface area contributed by atoms with Gasteiger partial charge in [-0.3, -0.25) is 9.88 Å². The number of anilines is 1. The fourth-order valence-corrected chi connectivity index (χ4v) is 2.97. The molecule has 0 bridgehead atoms. The molecule has 0 unspecified atom stereocenters. The molecule has 1 aliphatic carbocycles. The summed E-state index contributed by atoms with van der Waals surface area (Å²) in [5.41, 5.74) is 1.70. The summed E-state index contributed by atoms with van der Waals surface area (Å²) in [6, 6.07) is 4.11. The van der Waals surface area contributed by atoms with E-state index in [0.717, 1.165) is 63.1 Å². The van der Waals surface area contributed by atoms with E-state index < -0.39 is 5.60 Å². The van der Waals surface area contributed by atoms with Crippen LogP contribution in [0.4, 0.5) is 5.69 Å². The Balaban J connectivity index is 1.88. The summed E-state index contributed by atoms with van der Waals surface area (Å²) in [6.45, 7) is 4.66. The van der Waals surface area contributed by atoms with E-state index in [-0.39, 0.29) is 0 Å². The second-order valence-corrected chi connectivity index (χ2v) is 6.07. The van der Waals surface area contributed by atoms with Gasteiger partial charge in [-0.1, -0.05) is 19.8 Å². The maximum atomic E-state index is 10.4. The molecular weight excluding hydrogens is 250 g/mol. The maximum absolute atomic E-state index is 10.4. The number of pyridine rings is 1. The second-order valence-electron chi connectivity index (χ2n) is 6.07. The zero-order valence-electron chi connectivity index (χ0n) is 12.7. The lowest BCUT2D eigenvalue weighted by Gasteiger charge is -2.28. The van der Waals surface area contributed by atoms with Gasteiger partial charge in [-0.2, -0.15) is 0 Å². The molecule has 2 N–H and O–H groups in total. The van der Waals surface area contributed by atoms with E-state index in [1.807, 2.05) is 12.3 Å². The lowest BCUT2D eigenvalue weighted by Crippen LogP contribution is -2.38. The Hall–Kier alpha value is -1.13. The Labute approximate surface area is 122 Å². The minimum Gasteiger partial charge on any atom is -0.389 e. The number of hydrogen-bond acceptors (Lipinski definition) is 4. The van der Waals surface area contributed by atoms with Gasteiger partial charge in [0.25, 0.3) is 0 Å². The van der Waals surface area contributed by atoms with Crippen molar-refractivity contribution < 1.29 is 5.11 Å². The van der Waals surface area contributed by atoms with E-state index >= 15 is 0 Å². The van der Waals surface area contributed by atoms with Gasteiger partial charge >= 0.3 is 0 Å². The molecule has 112 valence electrons. The van der Waals surface area contributed by atoms with Crippen LogP contribution in [0.1, 0.15) is 44.7 Å². The molecule has 0 spiro atoms. The van der Waals surface area contributed by atoms with Gasteiger partial charge in [-0.15, -0.1) is 0 Å². The van der Waals surface area contributed by atoms with Gasteiger partial charge in [0.15, 0.2) is 0 Å². The normalized spacial score (nSPS) is 17.6. The number of nitrogens with one attached hydrogen (secondary N) is 1. The minimum atomic E-state index is -0.479. The van der Waals surface area contributed by atoms with Gasteiger partial charge in [0.1, 0.15) is 0 Å². The molecule has 1 saturated carbocycles. The Bertz CT molecular complexity index is 416. The first kappa shape index (κ1) is 15.3. The van der Waals surface area contributed by atoms with E-state index in [4.69, 9.17) is 0 Å². The average molecular weight is 277 g/mol. The molecule has 0 aromatic carbocycles. The third-order valence-corrected chi connectivity index (χ3v) is 3.93. The van der Waals surface area contributed by atoms with Crippen LogP contribution in [0.25, 0.3) is 0 Å². The van der Waals surface area contributed by atoms with Crippen LogP contribution >= 0.6 is 0 Å². The molecular formula is C16H27N3O. The third kappa shape index (κ3) is 4.46. The summed E-state index contributed by atoms with van der Waals surface area (Å²) < 4.78 is 0. The molecule has 0 saturated heterocycles. The van der Waals surface area contributed by atoms with Crippen molar-refractivity contribution in [2.75, 3.05) is 25.5 Å². The van der Waals surface area contributed by atoms with Gasteiger partial charge in [0.05, 0.1) is 11.3 Å². The highest BCUT2D eigenvalue weighted by atomic mass is 16.3. The van der Waals surface area contributed by atoms with Gasteiger partial charge in [-0.05, 0) is 38.4 Å². The second kappa shape index (κ2) is 7.04. The molecule has 4 heteroatoms. The summed E-state index contributed by atoms with van der Waals surface area (Å²) in [7, 11) is 2.06. The Morgan fingerprint density at radius 3 is 2.85 bits per heavy atom. The van der Waals surface area contributed by atoms with Gasteiger partial charge in [-0.25, -0.2) is 0 Å². The first-order chi connectivity index (χ1) is 9.61. The van der Waals surface area contributed by atoms with Crippen LogP contribution < -0.4 is 5.32 Å². The highest BCUT2D eigenvalue weighted by Gasteiger charge is 2.32. The Morgan fingerprint density at radius 2 is 2.15 bits per heavy atom. The smallest absolute Gasteiger partial charge is 0.0774 e. The molecule has 20 heavy (non-hydrogen) atoms. The van der Waals surface area contributed by atoms with Crippen LogP contribution in [0.15, 0.2) is 18.3 Å². The number of nitrogens with zero attached hydrogens (tertiary/aromatic N) is 2. The van der Waals surface area contributed by atoms with Crippen LogP contribution in [0.3, 0.4) is 0 Å². The Kier molecular flexibility index (Phi) is 5.38. The average Bonchev–Trinajstić information content (AvgIpc) is 2.83. The summed E-state index contributed by atoms with van der Waals surface area (Å²) in [4.78, 5) is 6.60. The minimum absolute atomic E-state index is 0.479. The van der Waals surface area contributed by atoms with E-state index in [2.05, 4.69) is 35.2 Å². The molecule has 1 aromatic rings. The summed E-state index contributed by atoms with van der Waals surface area (Å²) >= 11 is 0. The molecule has 0 aliphatic heterocycles. The summed E-state index contributed by atoms with van der Waals surface area (Å²) in [5, 5.41) is 13.8. The van der Waals surface area contributed by atoms with Crippen molar-refractivity contribution in [2.24, 2.45) is 0 Å². The van der Waals surface area contributed by atoms with Gasteiger partial charge in [0, 0.05) is 31.5 Å². The van der Waals surface area contributed by atoms with Crippen LogP contribution in [0.5, 0.6) is 0 Å². The van der Waals surface area contributed by atoms with E-state index in [1.165, 1.54) is 0 Å². The quantitative estimate of drug-likeness (QED) is 0.804. The first-order valence-corrected chi connectivity index (χ1v) is 7.71. The summed E-state index contributed by atoms with van der Waals surface area (Å²) in [5.74, 6) is 0. The molecule has 4 nitrogen and oxygen atoms in total. The molecule has 0 atom stereocenters. The number of aliphatic hydroxyl groups is 1. The molecule has 2 rings (SSSR count). The van der Waals surface area contributed by atoms with Crippen molar-refractivity contribution >= 4 is 5.69 Å². The topological polar surface area (TPSA) is 48.4 Å². The van der Waals surface area contributed by atoms with E-state index in [1.54, 1.807) is 0 Å². The van der Waals surface area contributed by atoms with Crippen molar-refractivity contribution in [1.82, 2.24) is 9.88 Å². The lowest BCUT2D eigenvalue weighted by atomic mass is 10.0. The number of hydrogen-bond donors (Lipinski definition) is 2.